The number of nitrogens with two attached hydrogens (primary N) is 1. The van der Waals surface area contributed by atoms with Gasteiger partial charge >= 0.3 is 0 Å². The Morgan fingerprint density at radius 3 is 2.23 bits per heavy atom. The summed E-state index contributed by atoms with van der Waals surface area (Å²) in [7, 11) is 0. The van der Waals surface area contributed by atoms with E-state index in [-0.39, 0.29) is 29.9 Å². The van der Waals surface area contributed by atoms with Crippen molar-refractivity contribution >= 4 is 47.2 Å². The Bertz CT molecular complexity index is 752. The molecule has 2 rings (SSSR count). The van der Waals surface area contributed by atoms with Crippen LogP contribution in [0.2, 0.25) is 0 Å². The number of hydrogen-bond donors (Lipinski definition) is 3. The molecule has 4 N–H and O–H groups in total. The second kappa shape index (κ2) is 10.8. The highest BCUT2D eigenvalue weighted by Crippen LogP contribution is 2.22. The summed E-state index contributed by atoms with van der Waals surface area (Å²) >= 11 is 0. The second-order valence-corrected chi connectivity index (χ2v) is 5.87. The number of aliphatic imine (C=N–C) groups is 1. The van der Waals surface area contributed by atoms with E-state index < -0.39 is 0 Å². The molecular weight excluding hydrogens is 439 g/mol. The fraction of sp³-hybridized carbons (Fsp3) is 0.300. The summed E-state index contributed by atoms with van der Waals surface area (Å²) in [6.45, 7) is 6.19. The molecule has 2 aromatic rings. The number of aryl methyl sites for hydroxylation is 2. The monoisotopic (exact) mass is 466 g/mol. The van der Waals surface area contributed by atoms with Crippen LogP contribution in [0.25, 0.3) is 0 Å². The van der Waals surface area contributed by atoms with Crippen molar-refractivity contribution in [3.63, 3.8) is 0 Å². The van der Waals surface area contributed by atoms with Crippen molar-refractivity contribution in [2.45, 2.75) is 40.2 Å². The molecule has 0 saturated heterocycles. The Labute approximate surface area is 172 Å². The van der Waals surface area contributed by atoms with Gasteiger partial charge in [0, 0.05) is 18.3 Å². The predicted octanol–water partition coefficient (Wildman–Crippen LogP) is 4.31. The topological polar surface area (TPSA) is 79.5 Å². The van der Waals surface area contributed by atoms with Crippen molar-refractivity contribution in [3.8, 4) is 0 Å². The first kappa shape index (κ1) is 22.0. The SMILES string of the molecule is CCc1cccc(CC)c1NC(N)=NCc1cccc(NC(C)=O)c1.I. The summed E-state index contributed by atoms with van der Waals surface area (Å²) in [6, 6.07) is 13.9. The number of guanidine groups is 1. The molecule has 0 aliphatic carbocycles. The van der Waals surface area contributed by atoms with Gasteiger partial charge in [0.2, 0.25) is 5.91 Å². The fourth-order valence-corrected chi connectivity index (χ4v) is 2.70. The lowest BCUT2D eigenvalue weighted by Gasteiger charge is -2.15. The van der Waals surface area contributed by atoms with Gasteiger partial charge in [-0.25, -0.2) is 4.99 Å². The summed E-state index contributed by atoms with van der Waals surface area (Å²) in [4.78, 5) is 15.6. The standard InChI is InChI=1S/C20H26N4O.HI/c1-4-16-9-7-10-17(5-2)19(16)24-20(21)22-13-15-8-6-11-18(12-15)23-14(3)25;/h6-12H,4-5,13H2,1-3H3,(H,23,25)(H3,21,22,24);1H. The van der Waals surface area contributed by atoms with E-state index in [2.05, 4.69) is 47.7 Å². The zero-order chi connectivity index (χ0) is 18.2. The quantitative estimate of drug-likeness (QED) is 0.337. The van der Waals surface area contributed by atoms with Crippen molar-refractivity contribution < 1.29 is 4.79 Å². The van der Waals surface area contributed by atoms with Crippen LogP contribution in [-0.2, 0) is 24.2 Å². The summed E-state index contributed by atoms with van der Waals surface area (Å²) in [5, 5.41) is 6.02. The van der Waals surface area contributed by atoms with Gasteiger partial charge in [-0.1, -0.05) is 44.2 Å². The van der Waals surface area contributed by atoms with Gasteiger partial charge in [-0.15, -0.1) is 24.0 Å². The van der Waals surface area contributed by atoms with Gasteiger partial charge in [0.05, 0.1) is 6.54 Å². The molecule has 0 bridgehead atoms. The summed E-state index contributed by atoms with van der Waals surface area (Å²) in [6.07, 6.45) is 1.87. The van der Waals surface area contributed by atoms with Gasteiger partial charge in [0.25, 0.3) is 0 Å². The molecule has 0 spiro atoms. The van der Waals surface area contributed by atoms with Crippen LogP contribution in [0.15, 0.2) is 47.5 Å². The van der Waals surface area contributed by atoms with Crippen LogP contribution in [0.3, 0.4) is 0 Å². The van der Waals surface area contributed by atoms with Crippen molar-refractivity contribution in [2.24, 2.45) is 10.7 Å². The van der Waals surface area contributed by atoms with E-state index in [1.54, 1.807) is 0 Å². The molecule has 0 radical (unpaired) electrons. The number of hydrogen-bond acceptors (Lipinski definition) is 2. The third-order valence-corrected chi connectivity index (χ3v) is 3.93. The number of nitrogens with zero attached hydrogens (tertiary/aromatic N) is 1. The van der Waals surface area contributed by atoms with E-state index in [0.717, 1.165) is 29.8 Å². The van der Waals surface area contributed by atoms with Gasteiger partial charge in [-0.2, -0.15) is 0 Å². The van der Waals surface area contributed by atoms with E-state index in [9.17, 15) is 4.79 Å². The second-order valence-electron chi connectivity index (χ2n) is 5.87. The fourth-order valence-electron chi connectivity index (χ4n) is 2.70. The maximum Gasteiger partial charge on any atom is 0.221 e. The molecular formula is C20H27IN4O. The highest BCUT2D eigenvalue weighted by Gasteiger charge is 2.07. The molecule has 0 aliphatic heterocycles. The van der Waals surface area contributed by atoms with Crippen molar-refractivity contribution in [3.05, 3.63) is 59.2 Å². The number of benzene rings is 2. The van der Waals surface area contributed by atoms with Gasteiger partial charge in [0.15, 0.2) is 5.96 Å². The first-order valence-electron chi connectivity index (χ1n) is 8.57. The molecule has 1 amide bonds. The highest BCUT2D eigenvalue weighted by atomic mass is 127. The van der Waals surface area contributed by atoms with Crippen LogP contribution >= 0.6 is 24.0 Å². The van der Waals surface area contributed by atoms with Crippen LogP contribution in [0.4, 0.5) is 11.4 Å². The number of halogens is 1. The average Bonchev–Trinajstić information content (AvgIpc) is 2.60. The molecule has 0 fully saturated rings. The zero-order valence-electron chi connectivity index (χ0n) is 15.5. The third kappa shape index (κ3) is 6.33. The predicted molar refractivity (Wildman–Crippen MR) is 120 cm³/mol. The first-order chi connectivity index (χ1) is 12.0. The molecule has 0 heterocycles. The van der Waals surface area contributed by atoms with Crippen molar-refractivity contribution in [1.82, 2.24) is 0 Å². The van der Waals surface area contributed by atoms with Gasteiger partial charge < -0.3 is 16.4 Å². The van der Waals surface area contributed by atoms with Crippen LogP contribution in [0.1, 0.15) is 37.5 Å². The molecule has 0 atom stereocenters. The third-order valence-electron chi connectivity index (χ3n) is 3.93. The lowest BCUT2D eigenvalue weighted by Crippen LogP contribution is -2.24. The summed E-state index contributed by atoms with van der Waals surface area (Å²) < 4.78 is 0. The smallest absolute Gasteiger partial charge is 0.221 e. The zero-order valence-corrected chi connectivity index (χ0v) is 17.8. The lowest BCUT2D eigenvalue weighted by atomic mass is 10.0. The van der Waals surface area contributed by atoms with E-state index in [1.807, 2.05) is 24.3 Å². The Balaban J connectivity index is 0.00000338. The Hall–Kier alpha value is -2.09. The van der Waals surface area contributed by atoms with E-state index in [0.29, 0.717) is 12.5 Å². The molecule has 0 aromatic heterocycles. The highest BCUT2D eigenvalue weighted by molar-refractivity contribution is 14.0. The van der Waals surface area contributed by atoms with Crippen molar-refractivity contribution in [1.29, 1.82) is 0 Å². The molecule has 0 saturated carbocycles. The summed E-state index contributed by atoms with van der Waals surface area (Å²) in [5.41, 5.74) is 11.3. The minimum atomic E-state index is -0.0925. The molecule has 0 unspecified atom stereocenters. The van der Waals surface area contributed by atoms with E-state index in [1.165, 1.54) is 18.1 Å². The Morgan fingerprint density at radius 2 is 1.65 bits per heavy atom. The minimum absolute atomic E-state index is 0. The normalized spacial score (nSPS) is 10.8. The number of amides is 1. The molecule has 2 aromatic carbocycles. The minimum Gasteiger partial charge on any atom is -0.370 e. The maximum absolute atomic E-state index is 11.1. The molecule has 140 valence electrons. The lowest BCUT2D eigenvalue weighted by molar-refractivity contribution is -0.114. The van der Waals surface area contributed by atoms with Crippen LogP contribution in [0, 0.1) is 0 Å². The molecule has 26 heavy (non-hydrogen) atoms. The number of nitrogens with one attached hydrogen (secondary N) is 2. The largest absolute Gasteiger partial charge is 0.370 e. The molecule has 5 nitrogen and oxygen atoms in total. The number of rotatable bonds is 6. The van der Waals surface area contributed by atoms with E-state index >= 15 is 0 Å². The number of para-hydroxylation sites is 1. The van der Waals surface area contributed by atoms with Crippen LogP contribution in [-0.4, -0.2) is 11.9 Å². The maximum atomic E-state index is 11.1. The number of anilines is 2. The number of carbonyl (C=O) groups excluding carboxylic acids is 1. The van der Waals surface area contributed by atoms with E-state index in [4.69, 9.17) is 5.73 Å². The first-order valence-corrected chi connectivity index (χ1v) is 8.57. The van der Waals surface area contributed by atoms with Crippen LogP contribution in [0.5, 0.6) is 0 Å². The Kier molecular flexibility index (Phi) is 9.12. The Morgan fingerprint density at radius 1 is 1.04 bits per heavy atom. The molecule has 0 aliphatic rings. The number of carbonyl (C=O) groups is 1. The molecule has 6 heteroatoms. The van der Waals surface area contributed by atoms with Crippen LogP contribution < -0.4 is 16.4 Å². The average molecular weight is 466 g/mol. The van der Waals surface area contributed by atoms with Gasteiger partial charge in [0.1, 0.15) is 0 Å². The van der Waals surface area contributed by atoms with Crippen molar-refractivity contribution in [2.75, 3.05) is 10.6 Å². The summed E-state index contributed by atoms with van der Waals surface area (Å²) in [5.74, 6) is 0.297. The van der Waals surface area contributed by atoms with Gasteiger partial charge in [-0.05, 0) is 41.7 Å². The van der Waals surface area contributed by atoms with Gasteiger partial charge in [-0.3, -0.25) is 4.79 Å².